The zero-order valence-electron chi connectivity index (χ0n) is 15.1. The number of nitrogens with one attached hydrogen (secondary N) is 1. The Morgan fingerprint density at radius 2 is 2.00 bits per heavy atom. The molecule has 1 N–H and O–H groups in total. The highest BCUT2D eigenvalue weighted by molar-refractivity contribution is 5.90. The molecule has 0 atom stereocenters. The molecule has 0 aliphatic heterocycles. The first-order valence-corrected chi connectivity index (χ1v) is 8.56. The fraction of sp³-hybridized carbons (Fsp3) is 0.368. The van der Waals surface area contributed by atoms with Gasteiger partial charge in [-0.1, -0.05) is 19.1 Å². The first kappa shape index (κ1) is 17.1. The summed E-state index contributed by atoms with van der Waals surface area (Å²) in [7, 11) is 0. The van der Waals surface area contributed by atoms with Crippen LogP contribution in [0.4, 0.5) is 5.69 Å². The van der Waals surface area contributed by atoms with Crippen molar-refractivity contribution in [2.45, 2.75) is 47.0 Å². The van der Waals surface area contributed by atoms with Crippen molar-refractivity contribution in [1.82, 2.24) is 19.6 Å². The number of hydrogen-bond acceptors (Lipinski definition) is 4. The van der Waals surface area contributed by atoms with Crippen LogP contribution in [-0.4, -0.2) is 25.5 Å². The van der Waals surface area contributed by atoms with Crippen molar-refractivity contribution < 1.29 is 4.79 Å². The highest BCUT2D eigenvalue weighted by Gasteiger charge is 2.13. The third kappa shape index (κ3) is 3.68. The molecule has 3 rings (SSSR count). The molecule has 25 heavy (non-hydrogen) atoms. The van der Waals surface area contributed by atoms with Gasteiger partial charge in [0.25, 0.3) is 5.78 Å². The lowest BCUT2D eigenvalue weighted by molar-refractivity contribution is -0.116. The van der Waals surface area contributed by atoms with Crippen molar-refractivity contribution in [2.24, 2.45) is 0 Å². The average molecular weight is 337 g/mol. The number of aromatic nitrogens is 4. The maximum absolute atomic E-state index is 12.3. The molecule has 6 heteroatoms. The van der Waals surface area contributed by atoms with Gasteiger partial charge in [-0.05, 0) is 56.9 Å². The first-order valence-electron chi connectivity index (χ1n) is 8.56. The van der Waals surface area contributed by atoms with Crippen LogP contribution in [-0.2, 0) is 17.6 Å². The topological polar surface area (TPSA) is 72.2 Å². The molecule has 0 radical (unpaired) electrons. The van der Waals surface area contributed by atoms with Crippen molar-refractivity contribution >= 4 is 17.4 Å². The summed E-state index contributed by atoms with van der Waals surface area (Å²) >= 11 is 0. The molecule has 0 aliphatic rings. The van der Waals surface area contributed by atoms with E-state index in [-0.39, 0.29) is 5.91 Å². The van der Waals surface area contributed by atoms with Gasteiger partial charge in [-0.15, -0.1) is 0 Å². The second kappa shape index (κ2) is 7.01. The molecular formula is C19H23N5O. The summed E-state index contributed by atoms with van der Waals surface area (Å²) in [6.07, 6.45) is 1.98. The van der Waals surface area contributed by atoms with Gasteiger partial charge in [0.05, 0.1) is 0 Å². The van der Waals surface area contributed by atoms with Crippen LogP contribution in [0.5, 0.6) is 0 Å². The van der Waals surface area contributed by atoms with Gasteiger partial charge < -0.3 is 5.32 Å². The highest BCUT2D eigenvalue weighted by atomic mass is 16.1. The Balaban J connectivity index is 1.72. The van der Waals surface area contributed by atoms with Crippen LogP contribution in [0.15, 0.2) is 24.3 Å². The number of fused-ring (bicyclic) bond motifs is 1. The van der Waals surface area contributed by atoms with Crippen molar-refractivity contribution in [3.8, 4) is 0 Å². The molecule has 0 unspecified atom stereocenters. The predicted molar refractivity (Wildman–Crippen MR) is 97.8 cm³/mol. The van der Waals surface area contributed by atoms with E-state index in [2.05, 4.69) is 33.4 Å². The maximum atomic E-state index is 12.3. The summed E-state index contributed by atoms with van der Waals surface area (Å²) in [5.74, 6) is 1.31. The molecule has 0 fully saturated rings. The van der Waals surface area contributed by atoms with Crippen LogP contribution in [0.3, 0.4) is 0 Å². The SMILES string of the molecule is CCc1cccc(NC(=O)CCc2c(C)nc3nc(C)nn3c2C)c1. The van der Waals surface area contributed by atoms with Gasteiger partial charge in [-0.3, -0.25) is 4.79 Å². The second-order valence-electron chi connectivity index (χ2n) is 6.23. The smallest absolute Gasteiger partial charge is 0.252 e. The number of benzene rings is 1. The van der Waals surface area contributed by atoms with Crippen LogP contribution in [0, 0.1) is 20.8 Å². The minimum absolute atomic E-state index is 0.00178. The van der Waals surface area contributed by atoms with Crippen LogP contribution in [0.1, 0.15) is 41.7 Å². The van der Waals surface area contributed by atoms with Gasteiger partial charge in [0, 0.05) is 23.5 Å². The van der Waals surface area contributed by atoms with Crippen LogP contribution < -0.4 is 5.32 Å². The van der Waals surface area contributed by atoms with E-state index >= 15 is 0 Å². The first-order chi connectivity index (χ1) is 12.0. The molecule has 1 amide bonds. The van der Waals surface area contributed by atoms with E-state index < -0.39 is 0 Å². The summed E-state index contributed by atoms with van der Waals surface area (Å²) in [5, 5.41) is 7.34. The van der Waals surface area contributed by atoms with E-state index in [1.54, 1.807) is 4.52 Å². The van der Waals surface area contributed by atoms with Crippen molar-refractivity contribution in [1.29, 1.82) is 0 Å². The number of nitrogens with zero attached hydrogens (tertiary/aromatic N) is 4. The monoisotopic (exact) mass is 337 g/mol. The minimum Gasteiger partial charge on any atom is -0.326 e. The Hall–Kier alpha value is -2.76. The number of anilines is 1. The van der Waals surface area contributed by atoms with Crippen LogP contribution >= 0.6 is 0 Å². The molecular weight excluding hydrogens is 314 g/mol. The molecule has 0 bridgehead atoms. The van der Waals surface area contributed by atoms with E-state index in [1.807, 2.05) is 39.0 Å². The lowest BCUT2D eigenvalue weighted by Crippen LogP contribution is -2.14. The molecule has 3 aromatic rings. The number of hydrogen-bond donors (Lipinski definition) is 1. The lowest BCUT2D eigenvalue weighted by Gasteiger charge is -2.11. The zero-order valence-corrected chi connectivity index (χ0v) is 15.1. The van der Waals surface area contributed by atoms with Gasteiger partial charge in [-0.2, -0.15) is 10.1 Å². The average Bonchev–Trinajstić information content (AvgIpc) is 2.95. The van der Waals surface area contributed by atoms with Gasteiger partial charge >= 0.3 is 0 Å². The predicted octanol–water partition coefficient (Wildman–Crippen LogP) is 3.18. The number of carbonyl (C=O) groups excluding carboxylic acids is 1. The van der Waals surface area contributed by atoms with Crippen LogP contribution in [0.25, 0.3) is 5.78 Å². The fourth-order valence-corrected chi connectivity index (χ4v) is 3.00. The molecule has 0 saturated carbocycles. The number of amides is 1. The lowest BCUT2D eigenvalue weighted by atomic mass is 10.1. The Morgan fingerprint density at radius 1 is 1.20 bits per heavy atom. The Labute approximate surface area is 147 Å². The largest absolute Gasteiger partial charge is 0.326 e. The number of aryl methyl sites for hydroxylation is 4. The third-order valence-corrected chi connectivity index (χ3v) is 4.38. The van der Waals surface area contributed by atoms with Gasteiger partial charge in [0.1, 0.15) is 5.82 Å². The van der Waals surface area contributed by atoms with E-state index in [0.717, 1.165) is 29.1 Å². The summed E-state index contributed by atoms with van der Waals surface area (Å²) < 4.78 is 1.75. The van der Waals surface area contributed by atoms with Crippen LogP contribution in [0.2, 0.25) is 0 Å². The summed E-state index contributed by atoms with van der Waals surface area (Å²) in [5.41, 5.74) is 5.00. The van der Waals surface area contributed by atoms with Crippen molar-refractivity contribution in [3.05, 3.63) is 52.6 Å². The molecule has 2 aromatic heterocycles. The van der Waals surface area contributed by atoms with Gasteiger partial charge in [-0.25, -0.2) is 9.50 Å². The second-order valence-corrected chi connectivity index (χ2v) is 6.23. The van der Waals surface area contributed by atoms with Crippen molar-refractivity contribution in [3.63, 3.8) is 0 Å². The normalized spacial score (nSPS) is 11.0. The van der Waals surface area contributed by atoms with E-state index in [1.165, 1.54) is 5.56 Å². The van der Waals surface area contributed by atoms with E-state index in [9.17, 15) is 4.79 Å². The number of rotatable bonds is 5. The molecule has 130 valence electrons. The Morgan fingerprint density at radius 3 is 2.76 bits per heavy atom. The highest BCUT2D eigenvalue weighted by Crippen LogP contribution is 2.17. The number of carbonyl (C=O) groups is 1. The Kier molecular flexibility index (Phi) is 4.79. The maximum Gasteiger partial charge on any atom is 0.252 e. The standard InChI is InChI=1S/C19H23N5O/c1-5-15-7-6-8-16(11-15)22-18(25)10-9-17-12(2)20-19-21-14(4)23-24(19)13(17)3/h6-8,11H,5,9-10H2,1-4H3,(H,22,25). The van der Waals surface area contributed by atoms with Crippen molar-refractivity contribution in [2.75, 3.05) is 5.32 Å². The molecule has 6 nitrogen and oxygen atoms in total. The molecule has 0 spiro atoms. The zero-order chi connectivity index (χ0) is 18.0. The summed E-state index contributed by atoms with van der Waals surface area (Å²) in [6.45, 7) is 7.89. The van der Waals surface area contributed by atoms with E-state index in [4.69, 9.17) is 0 Å². The fourth-order valence-electron chi connectivity index (χ4n) is 3.00. The molecule has 0 aliphatic carbocycles. The van der Waals surface area contributed by atoms with E-state index in [0.29, 0.717) is 24.4 Å². The molecule has 2 heterocycles. The molecule has 0 saturated heterocycles. The quantitative estimate of drug-likeness (QED) is 0.776. The van der Waals surface area contributed by atoms with Gasteiger partial charge in [0.2, 0.25) is 5.91 Å². The van der Waals surface area contributed by atoms with Gasteiger partial charge in [0.15, 0.2) is 0 Å². The third-order valence-electron chi connectivity index (χ3n) is 4.38. The minimum atomic E-state index is 0.00178. The summed E-state index contributed by atoms with van der Waals surface area (Å²) in [6, 6.07) is 7.95. The summed E-state index contributed by atoms with van der Waals surface area (Å²) in [4.78, 5) is 21.1. The molecule has 1 aromatic carbocycles. The Bertz CT molecular complexity index is 929.